The number of hydrogen-bond acceptors (Lipinski definition) is 4. The first-order valence-electron chi connectivity index (χ1n) is 12.6. The summed E-state index contributed by atoms with van der Waals surface area (Å²) < 4.78 is 13.8. The van der Waals surface area contributed by atoms with E-state index in [1.54, 1.807) is 6.92 Å². The van der Waals surface area contributed by atoms with Gasteiger partial charge in [0.15, 0.2) is 0 Å². The molecule has 2 aromatic rings. The first kappa shape index (κ1) is 23.9. The summed E-state index contributed by atoms with van der Waals surface area (Å²) in [6.07, 6.45) is 0. The van der Waals surface area contributed by atoms with Gasteiger partial charge in [-0.25, -0.2) is 4.39 Å². The molecular formula is C28H35FN4O2. The predicted octanol–water partition coefficient (Wildman–Crippen LogP) is 3.11. The Kier molecular flexibility index (Phi) is 6.18. The zero-order chi connectivity index (χ0) is 24.9. The van der Waals surface area contributed by atoms with Gasteiger partial charge in [0.05, 0.1) is 11.5 Å². The van der Waals surface area contributed by atoms with Gasteiger partial charge >= 0.3 is 0 Å². The van der Waals surface area contributed by atoms with Gasteiger partial charge in [-0.05, 0) is 56.6 Å². The maximum Gasteiger partial charge on any atom is 0.254 e. The van der Waals surface area contributed by atoms with Crippen LogP contribution in [0.5, 0.6) is 0 Å². The summed E-state index contributed by atoms with van der Waals surface area (Å²) in [6.45, 7) is 10.9. The summed E-state index contributed by atoms with van der Waals surface area (Å²) in [5.41, 5.74) is 2.59. The molecule has 2 saturated heterocycles. The summed E-state index contributed by atoms with van der Waals surface area (Å²) in [5.74, 6) is -0.461. The number of carbonyl (C=O) groups is 2. The minimum Gasteiger partial charge on any atom is -0.340 e. The first-order chi connectivity index (χ1) is 16.7. The Morgan fingerprint density at radius 1 is 1.09 bits per heavy atom. The minimum atomic E-state index is -0.588. The number of nitrogens with zero attached hydrogens (tertiary/aromatic N) is 4. The number of halogens is 1. The molecule has 0 N–H and O–H groups in total. The van der Waals surface area contributed by atoms with Crippen molar-refractivity contribution in [2.45, 2.75) is 44.8 Å². The molecule has 2 aromatic carbocycles. The van der Waals surface area contributed by atoms with Crippen molar-refractivity contribution in [3.8, 4) is 0 Å². The van der Waals surface area contributed by atoms with Crippen molar-refractivity contribution < 1.29 is 14.0 Å². The lowest BCUT2D eigenvalue weighted by Gasteiger charge is -2.62. The molecule has 0 aliphatic carbocycles. The van der Waals surface area contributed by atoms with Gasteiger partial charge in [0.25, 0.3) is 5.91 Å². The van der Waals surface area contributed by atoms with Crippen molar-refractivity contribution in [1.29, 1.82) is 0 Å². The van der Waals surface area contributed by atoms with Crippen molar-refractivity contribution in [3.63, 3.8) is 0 Å². The molecule has 1 unspecified atom stereocenters. The predicted molar refractivity (Wildman–Crippen MR) is 134 cm³/mol. The van der Waals surface area contributed by atoms with E-state index in [0.717, 1.165) is 24.2 Å². The fourth-order valence-corrected chi connectivity index (χ4v) is 6.26. The second-order valence-electron chi connectivity index (χ2n) is 10.8. The molecule has 0 radical (unpaired) electrons. The number of benzene rings is 2. The maximum atomic E-state index is 14.2. The lowest BCUT2D eigenvalue weighted by molar-refractivity contribution is -0.146. The van der Waals surface area contributed by atoms with Crippen LogP contribution in [0.3, 0.4) is 0 Å². The molecule has 35 heavy (non-hydrogen) atoms. The SMILES string of the molecule is Cc1cc(CN2CC3(C2)C(C(=O)N2CCN(C)CC2)c2ccccc2C(=O)N3C(C)C)ccc1F. The molecule has 3 aliphatic rings. The zero-order valence-electron chi connectivity index (χ0n) is 21.1. The van der Waals surface area contributed by atoms with Gasteiger partial charge in [0.1, 0.15) is 5.82 Å². The number of likely N-dealkylation sites (N-methyl/N-ethyl adjacent to an activating group) is 1. The van der Waals surface area contributed by atoms with Crippen molar-refractivity contribution in [1.82, 2.24) is 19.6 Å². The molecule has 1 atom stereocenters. The molecule has 2 fully saturated rings. The third-order valence-electron chi connectivity index (χ3n) is 7.94. The van der Waals surface area contributed by atoms with Gasteiger partial charge in [0.2, 0.25) is 5.91 Å². The van der Waals surface area contributed by atoms with Crippen LogP contribution in [0.2, 0.25) is 0 Å². The number of hydrogen-bond donors (Lipinski definition) is 0. The Morgan fingerprint density at radius 2 is 1.77 bits per heavy atom. The van der Waals surface area contributed by atoms with Crippen LogP contribution in [-0.2, 0) is 11.3 Å². The zero-order valence-corrected chi connectivity index (χ0v) is 21.1. The third-order valence-corrected chi connectivity index (χ3v) is 7.94. The topological polar surface area (TPSA) is 47.1 Å². The second kappa shape index (κ2) is 9.03. The number of aryl methyl sites for hydroxylation is 1. The molecule has 0 saturated carbocycles. The standard InChI is InChI=1S/C28H35FN4O2/c1-19(2)33-26(34)23-8-6-5-7-22(23)25(27(35)32-13-11-30(4)12-14-32)28(33)17-31(18-28)16-21-9-10-24(29)20(3)15-21/h5-10,15,19,25H,11-14,16-18H2,1-4H3. The number of amides is 2. The summed E-state index contributed by atoms with van der Waals surface area (Å²) >= 11 is 0. The summed E-state index contributed by atoms with van der Waals surface area (Å²) in [4.78, 5) is 36.4. The first-order valence-corrected chi connectivity index (χ1v) is 12.6. The number of likely N-dealkylation sites (tertiary alicyclic amines) is 1. The van der Waals surface area contributed by atoms with E-state index in [1.807, 2.05) is 60.0 Å². The van der Waals surface area contributed by atoms with Crippen LogP contribution in [0.4, 0.5) is 4.39 Å². The van der Waals surface area contributed by atoms with E-state index < -0.39 is 11.5 Å². The average molecular weight is 479 g/mol. The van der Waals surface area contributed by atoms with Crippen LogP contribution in [-0.4, -0.2) is 89.3 Å². The summed E-state index contributed by atoms with van der Waals surface area (Å²) in [7, 11) is 2.08. The normalized spacial score (nSPS) is 22.5. The van der Waals surface area contributed by atoms with Gasteiger partial charge in [-0.1, -0.05) is 30.3 Å². The molecule has 3 aliphatic heterocycles. The third kappa shape index (κ3) is 4.04. The summed E-state index contributed by atoms with van der Waals surface area (Å²) in [5, 5.41) is 0. The van der Waals surface area contributed by atoms with Crippen molar-refractivity contribution >= 4 is 11.8 Å². The fraction of sp³-hybridized carbons (Fsp3) is 0.500. The maximum absolute atomic E-state index is 14.2. The van der Waals surface area contributed by atoms with Gasteiger partial charge in [-0.15, -0.1) is 0 Å². The van der Waals surface area contributed by atoms with E-state index in [-0.39, 0.29) is 23.7 Å². The number of rotatable bonds is 4. The second-order valence-corrected chi connectivity index (χ2v) is 10.8. The van der Waals surface area contributed by atoms with Crippen molar-refractivity contribution in [2.24, 2.45) is 0 Å². The Labute approximate surface area is 207 Å². The quantitative estimate of drug-likeness (QED) is 0.678. The van der Waals surface area contributed by atoms with Crippen LogP contribution in [0.1, 0.15) is 46.8 Å². The van der Waals surface area contributed by atoms with Gasteiger partial charge in [0, 0.05) is 57.4 Å². The average Bonchev–Trinajstić information content (AvgIpc) is 2.80. The van der Waals surface area contributed by atoms with Crippen LogP contribution in [0, 0.1) is 12.7 Å². The highest BCUT2D eigenvalue weighted by Crippen LogP contribution is 2.48. The number of fused-ring (bicyclic) bond motifs is 1. The molecule has 0 aromatic heterocycles. The molecule has 0 bridgehead atoms. The lowest BCUT2D eigenvalue weighted by Crippen LogP contribution is -2.77. The van der Waals surface area contributed by atoms with Crippen LogP contribution in [0.25, 0.3) is 0 Å². The smallest absolute Gasteiger partial charge is 0.254 e. The fourth-order valence-electron chi connectivity index (χ4n) is 6.26. The van der Waals surface area contributed by atoms with Crippen LogP contribution < -0.4 is 0 Å². The minimum absolute atomic E-state index is 0.00954. The van der Waals surface area contributed by atoms with E-state index in [4.69, 9.17) is 0 Å². The Hall–Kier alpha value is -2.77. The van der Waals surface area contributed by atoms with E-state index in [9.17, 15) is 14.0 Å². The Bertz CT molecular complexity index is 1140. The molecule has 7 heteroatoms. The van der Waals surface area contributed by atoms with E-state index in [2.05, 4.69) is 16.8 Å². The van der Waals surface area contributed by atoms with Crippen molar-refractivity contribution in [3.05, 3.63) is 70.5 Å². The Morgan fingerprint density at radius 3 is 2.43 bits per heavy atom. The number of piperazine rings is 1. The van der Waals surface area contributed by atoms with Gasteiger partial charge in [-0.2, -0.15) is 0 Å². The molecular weight excluding hydrogens is 443 g/mol. The van der Waals surface area contributed by atoms with Crippen LogP contribution >= 0.6 is 0 Å². The molecule has 1 spiro atoms. The lowest BCUT2D eigenvalue weighted by atomic mass is 9.67. The van der Waals surface area contributed by atoms with Crippen LogP contribution in [0.15, 0.2) is 42.5 Å². The van der Waals surface area contributed by atoms with E-state index in [0.29, 0.717) is 43.9 Å². The van der Waals surface area contributed by atoms with E-state index >= 15 is 0 Å². The molecule has 6 nitrogen and oxygen atoms in total. The number of carbonyl (C=O) groups excluding carboxylic acids is 2. The van der Waals surface area contributed by atoms with Crippen molar-refractivity contribution in [2.75, 3.05) is 46.3 Å². The highest BCUT2D eigenvalue weighted by molar-refractivity contribution is 6.02. The highest BCUT2D eigenvalue weighted by Gasteiger charge is 2.61. The van der Waals surface area contributed by atoms with E-state index in [1.165, 1.54) is 6.07 Å². The molecule has 5 rings (SSSR count). The monoisotopic (exact) mass is 478 g/mol. The largest absolute Gasteiger partial charge is 0.340 e. The molecule has 186 valence electrons. The molecule has 2 amide bonds. The Balaban J connectivity index is 1.50. The molecule has 3 heterocycles. The van der Waals surface area contributed by atoms with Gasteiger partial charge < -0.3 is 14.7 Å². The summed E-state index contributed by atoms with van der Waals surface area (Å²) in [6, 6.07) is 12.8. The van der Waals surface area contributed by atoms with Gasteiger partial charge in [-0.3, -0.25) is 14.5 Å². The highest BCUT2D eigenvalue weighted by atomic mass is 19.1.